The second kappa shape index (κ2) is 7.95. The number of aliphatic hydroxyl groups excluding tert-OH is 1. The number of aliphatic hydroxyl groups is 1. The summed E-state index contributed by atoms with van der Waals surface area (Å²) in [7, 11) is 1.28. The van der Waals surface area contributed by atoms with Gasteiger partial charge in [-0.15, -0.1) is 0 Å². The Balaban J connectivity index is 2.13. The molecule has 0 aliphatic heterocycles. The minimum Gasteiger partial charge on any atom is -0.465 e. The van der Waals surface area contributed by atoms with E-state index in [1.807, 2.05) is 12.1 Å². The van der Waals surface area contributed by atoms with Crippen LogP contribution in [0.1, 0.15) is 15.9 Å². The first kappa shape index (κ1) is 16.5. The zero-order valence-corrected chi connectivity index (χ0v) is 12.7. The summed E-state index contributed by atoms with van der Waals surface area (Å²) in [5, 5.41) is 14.4. The van der Waals surface area contributed by atoms with Gasteiger partial charge in [0.15, 0.2) is 0 Å². The van der Waals surface area contributed by atoms with Crippen molar-refractivity contribution < 1.29 is 19.4 Å². The number of ether oxygens (including phenoxy) is 1. The molecule has 0 aromatic heterocycles. The molecule has 2 rings (SSSR count). The standard InChI is InChI=1S/C17H18N2O4/c1-23-16(21)13-7-3-5-9-15(13)19-17(22)18-14-8-4-2-6-12(14)10-11-20/h2-9,20H,10-11H2,1H3,(H2,18,19,22). The van der Waals surface area contributed by atoms with Crippen LogP contribution in [0, 0.1) is 0 Å². The molecule has 2 aromatic carbocycles. The molecule has 0 unspecified atom stereocenters. The highest BCUT2D eigenvalue weighted by Crippen LogP contribution is 2.18. The lowest BCUT2D eigenvalue weighted by Gasteiger charge is -2.13. The molecule has 0 spiro atoms. The molecule has 2 amide bonds. The fourth-order valence-electron chi connectivity index (χ4n) is 2.14. The molecule has 0 bridgehead atoms. The fourth-order valence-corrected chi connectivity index (χ4v) is 2.14. The highest BCUT2D eigenvalue weighted by molar-refractivity contribution is 6.05. The predicted molar refractivity (Wildman–Crippen MR) is 87.7 cm³/mol. The van der Waals surface area contributed by atoms with Crippen LogP contribution >= 0.6 is 0 Å². The second-order valence-corrected chi connectivity index (χ2v) is 4.75. The van der Waals surface area contributed by atoms with Crippen molar-refractivity contribution in [2.75, 3.05) is 24.4 Å². The summed E-state index contributed by atoms with van der Waals surface area (Å²) in [6.45, 7) is -0.00845. The third kappa shape index (κ3) is 4.31. The van der Waals surface area contributed by atoms with E-state index >= 15 is 0 Å². The number of rotatable bonds is 5. The van der Waals surface area contributed by atoms with Crippen molar-refractivity contribution in [1.82, 2.24) is 0 Å². The Labute approximate surface area is 134 Å². The number of carbonyl (C=O) groups excluding carboxylic acids is 2. The number of hydrogen-bond acceptors (Lipinski definition) is 4. The fraction of sp³-hybridized carbons (Fsp3) is 0.176. The zero-order chi connectivity index (χ0) is 16.7. The molecule has 0 saturated heterocycles. The van der Waals surface area contributed by atoms with Crippen LogP contribution in [0.2, 0.25) is 0 Å². The Bertz CT molecular complexity index is 700. The molecule has 0 saturated carbocycles. The van der Waals surface area contributed by atoms with E-state index in [2.05, 4.69) is 15.4 Å². The van der Waals surface area contributed by atoms with Gasteiger partial charge < -0.3 is 20.5 Å². The van der Waals surface area contributed by atoms with Crippen molar-refractivity contribution in [2.45, 2.75) is 6.42 Å². The Kier molecular flexibility index (Phi) is 5.71. The molecule has 0 fully saturated rings. The molecule has 0 heterocycles. The summed E-state index contributed by atoms with van der Waals surface area (Å²) >= 11 is 0. The van der Waals surface area contributed by atoms with Crippen molar-refractivity contribution in [2.24, 2.45) is 0 Å². The second-order valence-electron chi connectivity index (χ2n) is 4.75. The van der Waals surface area contributed by atoms with Crippen LogP contribution in [0.25, 0.3) is 0 Å². The number of hydrogen-bond donors (Lipinski definition) is 3. The lowest BCUT2D eigenvalue weighted by molar-refractivity contribution is 0.0602. The minimum absolute atomic E-state index is 0.00845. The molecule has 6 heteroatoms. The quantitative estimate of drug-likeness (QED) is 0.740. The van der Waals surface area contributed by atoms with Crippen molar-refractivity contribution in [1.29, 1.82) is 0 Å². The number of esters is 1. The van der Waals surface area contributed by atoms with Gasteiger partial charge in [0, 0.05) is 12.3 Å². The SMILES string of the molecule is COC(=O)c1ccccc1NC(=O)Nc1ccccc1CCO. The number of benzene rings is 2. The molecule has 3 N–H and O–H groups in total. The Morgan fingerprint density at radius 2 is 1.61 bits per heavy atom. The molecule has 0 atom stereocenters. The largest absolute Gasteiger partial charge is 0.465 e. The maximum absolute atomic E-state index is 12.2. The van der Waals surface area contributed by atoms with Gasteiger partial charge in [-0.25, -0.2) is 9.59 Å². The van der Waals surface area contributed by atoms with E-state index in [-0.39, 0.29) is 12.2 Å². The van der Waals surface area contributed by atoms with Gasteiger partial charge in [0.25, 0.3) is 0 Å². The number of carbonyl (C=O) groups is 2. The van der Waals surface area contributed by atoms with E-state index in [9.17, 15) is 9.59 Å². The van der Waals surface area contributed by atoms with Crippen LogP contribution in [-0.4, -0.2) is 30.8 Å². The number of nitrogens with one attached hydrogen (secondary N) is 2. The minimum atomic E-state index is -0.526. The lowest BCUT2D eigenvalue weighted by atomic mass is 10.1. The lowest BCUT2D eigenvalue weighted by Crippen LogP contribution is -2.22. The van der Waals surface area contributed by atoms with Crippen LogP contribution in [0.4, 0.5) is 16.2 Å². The van der Waals surface area contributed by atoms with Crippen LogP contribution in [0.5, 0.6) is 0 Å². The molecular weight excluding hydrogens is 296 g/mol. The van der Waals surface area contributed by atoms with Crippen LogP contribution in [0.3, 0.4) is 0 Å². The van der Waals surface area contributed by atoms with E-state index in [4.69, 9.17) is 5.11 Å². The average Bonchev–Trinajstić information content (AvgIpc) is 2.56. The predicted octanol–water partition coefficient (Wildman–Crippen LogP) is 2.65. The third-order valence-corrected chi connectivity index (χ3v) is 3.23. The topological polar surface area (TPSA) is 87.7 Å². The molecule has 23 heavy (non-hydrogen) atoms. The van der Waals surface area contributed by atoms with Gasteiger partial charge in [0.2, 0.25) is 0 Å². The van der Waals surface area contributed by atoms with Gasteiger partial charge in [0.05, 0.1) is 18.4 Å². The molecule has 0 aliphatic rings. The molecule has 0 aliphatic carbocycles. The van der Waals surface area contributed by atoms with E-state index in [1.54, 1.807) is 36.4 Å². The first-order valence-electron chi connectivity index (χ1n) is 7.10. The van der Waals surface area contributed by atoms with E-state index in [1.165, 1.54) is 7.11 Å². The molecule has 120 valence electrons. The van der Waals surface area contributed by atoms with E-state index in [0.717, 1.165) is 5.56 Å². The van der Waals surface area contributed by atoms with E-state index < -0.39 is 12.0 Å². The maximum Gasteiger partial charge on any atom is 0.339 e. The van der Waals surface area contributed by atoms with Crippen LogP contribution in [-0.2, 0) is 11.2 Å². The Morgan fingerprint density at radius 3 is 2.30 bits per heavy atom. The van der Waals surface area contributed by atoms with Crippen LogP contribution in [0.15, 0.2) is 48.5 Å². The van der Waals surface area contributed by atoms with Gasteiger partial charge >= 0.3 is 12.0 Å². The van der Waals surface area contributed by atoms with E-state index in [0.29, 0.717) is 17.8 Å². The first-order valence-corrected chi connectivity index (χ1v) is 7.10. The van der Waals surface area contributed by atoms with Crippen molar-refractivity contribution in [3.05, 3.63) is 59.7 Å². The summed E-state index contributed by atoms with van der Waals surface area (Å²) in [4.78, 5) is 23.9. The number of amides is 2. The van der Waals surface area contributed by atoms with Gasteiger partial charge in [-0.05, 0) is 30.2 Å². The zero-order valence-electron chi connectivity index (χ0n) is 12.7. The molecule has 2 aromatic rings. The number of anilines is 2. The van der Waals surface area contributed by atoms with Crippen molar-refractivity contribution in [3.8, 4) is 0 Å². The van der Waals surface area contributed by atoms with Gasteiger partial charge in [-0.2, -0.15) is 0 Å². The maximum atomic E-state index is 12.2. The summed E-state index contributed by atoms with van der Waals surface area (Å²) in [5.41, 5.74) is 2.06. The molecule has 6 nitrogen and oxygen atoms in total. The number of urea groups is 1. The highest BCUT2D eigenvalue weighted by atomic mass is 16.5. The van der Waals surface area contributed by atoms with Gasteiger partial charge in [-0.3, -0.25) is 0 Å². The summed E-state index contributed by atoms with van der Waals surface area (Å²) in [6.07, 6.45) is 0.440. The normalized spacial score (nSPS) is 10.0. The van der Waals surface area contributed by atoms with Gasteiger partial charge in [0.1, 0.15) is 0 Å². The van der Waals surface area contributed by atoms with Crippen LogP contribution < -0.4 is 10.6 Å². The Morgan fingerprint density at radius 1 is 1.00 bits per heavy atom. The molecule has 0 radical (unpaired) electrons. The smallest absolute Gasteiger partial charge is 0.339 e. The molecular formula is C17H18N2O4. The Hall–Kier alpha value is -2.86. The van der Waals surface area contributed by atoms with Crippen molar-refractivity contribution >= 4 is 23.4 Å². The first-order chi connectivity index (χ1) is 11.2. The monoisotopic (exact) mass is 314 g/mol. The van der Waals surface area contributed by atoms with Crippen molar-refractivity contribution in [3.63, 3.8) is 0 Å². The number of para-hydroxylation sites is 2. The average molecular weight is 314 g/mol. The summed E-state index contributed by atoms with van der Waals surface area (Å²) in [5.74, 6) is -0.526. The highest BCUT2D eigenvalue weighted by Gasteiger charge is 2.13. The summed E-state index contributed by atoms with van der Waals surface area (Å²) < 4.78 is 4.69. The van der Waals surface area contributed by atoms with Gasteiger partial charge in [-0.1, -0.05) is 30.3 Å². The summed E-state index contributed by atoms with van der Waals surface area (Å²) in [6, 6.07) is 13.3. The third-order valence-electron chi connectivity index (χ3n) is 3.23. The number of methoxy groups -OCH3 is 1.